The number of aromatic hydroxyl groups is 1. The number of hydrogen-bond donors (Lipinski definition) is 2. The zero-order chi connectivity index (χ0) is 23.1. The summed E-state index contributed by atoms with van der Waals surface area (Å²) in [5, 5.41) is 21.7. The van der Waals surface area contributed by atoms with E-state index in [0.29, 0.717) is 24.3 Å². The van der Waals surface area contributed by atoms with Crippen molar-refractivity contribution in [2.24, 2.45) is 17.3 Å². The third-order valence-electron chi connectivity index (χ3n) is 7.98. The van der Waals surface area contributed by atoms with Crippen LogP contribution in [0.3, 0.4) is 0 Å². The van der Waals surface area contributed by atoms with Crippen LogP contribution in [0.1, 0.15) is 65.5 Å². The van der Waals surface area contributed by atoms with E-state index in [-0.39, 0.29) is 28.6 Å². The average molecular weight is 434 g/mol. The number of phenolic OH excluding ortho intramolecular Hbond substituents is 1. The van der Waals surface area contributed by atoms with Crippen LogP contribution in [0.15, 0.2) is 12.1 Å². The number of hydrogen-bond acceptors (Lipinski definition) is 5. The molecule has 2 bridgehead atoms. The van der Waals surface area contributed by atoms with Crippen LogP contribution in [0, 0.1) is 17.3 Å². The van der Waals surface area contributed by atoms with Gasteiger partial charge in [-0.3, -0.25) is 0 Å². The van der Waals surface area contributed by atoms with Gasteiger partial charge in [0, 0.05) is 30.0 Å². The zero-order valence-electron chi connectivity index (χ0n) is 20.7. The molecular weight excluding hydrogens is 390 g/mol. The predicted molar refractivity (Wildman–Crippen MR) is 125 cm³/mol. The van der Waals surface area contributed by atoms with Gasteiger partial charge in [-0.25, -0.2) is 0 Å². The van der Waals surface area contributed by atoms with Crippen molar-refractivity contribution in [3.8, 4) is 11.5 Å². The highest BCUT2D eigenvalue weighted by molar-refractivity contribution is 5.60. The largest absolute Gasteiger partial charge is 0.504 e. The van der Waals surface area contributed by atoms with Gasteiger partial charge in [0.15, 0.2) is 11.5 Å². The summed E-state index contributed by atoms with van der Waals surface area (Å²) >= 11 is 0. The number of aliphatic hydroxyl groups excluding tert-OH is 1. The first-order valence-electron chi connectivity index (χ1n) is 12.0. The molecule has 1 fully saturated rings. The lowest BCUT2D eigenvalue weighted by Crippen LogP contribution is -2.62. The SMILES string of the molecule is CC.COCC(CC1[C@H]2Cc3ccc(O)c4c3[C@@]1(CCN2C)C(C)O4)C(O)C(C)(C)C. The van der Waals surface area contributed by atoms with Crippen LogP contribution >= 0.6 is 0 Å². The summed E-state index contributed by atoms with van der Waals surface area (Å²) in [6.07, 6.45) is 2.45. The second-order valence-electron chi connectivity index (χ2n) is 10.6. The fourth-order valence-electron chi connectivity index (χ4n) is 6.50. The quantitative estimate of drug-likeness (QED) is 0.722. The number of rotatable bonds is 5. The Bertz CT molecular complexity index is 773. The molecule has 5 nitrogen and oxygen atoms in total. The van der Waals surface area contributed by atoms with Crippen LogP contribution < -0.4 is 4.74 Å². The van der Waals surface area contributed by atoms with Gasteiger partial charge in [-0.15, -0.1) is 0 Å². The minimum absolute atomic E-state index is 0.0148. The van der Waals surface area contributed by atoms with Gasteiger partial charge in [0.05, 0.1) is 12.7 Å². The van der Waals surface area contributed by atoms with Crippen molar-refractivity contribution in [3.05, 3.63) is 23.3 Å². The molecule has 1 saturated heterocycles. The molecule has 1 aromatic carbocycles. The third-order valence-corrected chi connectivity index (χ3v) is 7.98. The topological polar surface area (TPSA) is 62.2 Å². The summed E-state index contributed by atoms with van der Waals surface area (Å²) in [5.74, 6) is 1.37. The monoisotopic (exact) mass is 433 g/mol. The molecule has 1 aromatic rings. The average Bonchev–Trinajstić information content (AvgIpc) is 3.02. The number of likely N-dealkylation sites (tertiary alicyclic amines) is 1. The fourth-order valence-corrected chi connectivity index (χ4v) is 6.50. The highest BCUT2D eigenvalue weighted by Gasteiger charge is 2.61. The number of phenols is 1. The molecule has 31 heavy (non-hydrogen) atoms. The first-order chi connectivity index (χ1) is 14.6. The Morgan fingerprint density at radius 1 is 1.29 bits per heavy atom. The summed E-state index contributed by atoms with van der Waals surface area (Å²) in [6, 6.07) is 4.28. The van der Waals surface area contributed by atoms with E-state index in [1.807, 2.05) is 13.8 Å². The standard InChI is InChI=1S/C24H37NO4.C2H6/c1-14-24-9-10-25(5)18(12-15-7-8-19(26)21(29-14)20(15)24)17(24)11-16(13-28-6)22(27)23(2,3)4;1-2/h7-8,14,16-18,22,26-27H,9-13H2,1-6H3;1-2H3/t14?,16?,17?,18-,22?,24+;/m1./s1. The molecule has 6 atom stereocenters. The second-order valence-corrected chi connectivity index (χ2v) is 10.6. The minimum atomic E-state index is -0.437. The molecule has 2 N–H and O–H groups in total. The maximum Gasteiger partial charge on any atom is 0.165 e. The minimum Gasteiger partial charge on any atom is -0.504 e. The van der Waals surface area contributed by atoms with Gasteiger partial charge in [-0.05, 0) is 62.7 Å². The second kappa shape index (κ2) is 8.92. The van der Waals surface area contributed by atoms with E-state index in [1.165, 1.54) is 11.1 Å². The van der Waals surface area contributed by atoms with E-state index >= 15 is 0 Å². The van der Waals surface area contributed by atoms with Crippen molar-refractivity contribution in [3.63, 3.8) is 0 Å². The Morgan fingerprint density at radius 2 is 1.97 bits per heavy atom. The highest BCUT2D eigenvalue weighted by atomic mass is 16.5. The van der Waals surface area contributed by atoms with Crippen LogP contribution in [0.4, 0.5) is 0 Å². The first-order valence-corrected chi connectivity index (χ1v) is 12.0. The van der Waals surface area contributed by atoms with Crippen LogP contribution in [-0.4, -0.2) is 60.7 Å². The molecule has 2 heterocycles. The lowest BCUT2D eigenvalue weighted by Gasteiger charge is -2.56. The molecule has 0 saturated carbocycles. The number of aliphatic hydroxyl groups is 1. The Morgan fingerprint density at radius 3 is 2.58 bits per heavy atom. The number of likely N-dealkylation sites (N-methyl/N-ethyl adjacent to an activating group) is 1. The van der Waals surface area contributed by atoms with Gasteiger partial charge in [0.1, 0.15) is 6.10 Å². The van der Waals surface area contributed by atoms with Gasteiger partial charge >= 0.3 is 0 Å². The number of fused-ring (bicyclic) bond motifs is 1. The molecule has 3 aliphatic rings. The molecule has 5 heteroatoms. The van der Waals surface area contributed by atoms with E-state index < -0.39 is 6.10 Å². The summed E-state index contributed by atoms with van der Waals surface area (Å²) < 4.78 is 11.9. The van der Waals surface area contributed by atoms with Crippen molar-refractivity contribution >= 4 is 0 Å². The van der Waals surface area contributed by atoms with Crippen LogP contribution in [0.2, 0.25) is 0 Å². The van der Waals surface area contributed by atoms with E-state index in [1.54, 1.807) is 13.2 Å². The number of nitrogens with zero attached hydrogens (tertiary/aromatic N) is 1. The van der Waals surface area contributed by atoms with Crippen LogP contribution in [-0.2, 0) is 16.6 Å². The summed E-state index contributed by atoms with van der Waals surface area (Å²) in [5.41, 5.74) is 2.24. The van der Waals surface area contributed by atoms with Gasteiger partial charge in [0.25, 0.3) is 0 Å². The van der Waals surface area contributed by atoms with E-state index in [0.717, 1.165) is 25.8 Å². The van der Waals surface area contributed by atoms with Crippen molar-refractivity contribution in [1.29, 1.82) is 0 Å². The summed E-state index contributed by atoms with van der Waals surface area (Å²) in [7, 11) is 3.95. The molecule has 0 amide bonds. The van der Waals surface area contributed by atoms with Crippen molar-refractivity contribution in [1.82, 2.24) is 4.90 Å². The maximum atomic E-state index is 11.1. The number of methoxy groups -OCH3 is 1. The van der Waals surface area contributed by atoms with Crippen molar-refractivity contribution < 1.29 is 19.7 Å². The van der Waals surface area contributed by atoms with Crippen LogP contribution in [0.5, 0.6) is 11.5 Å². The Balaban J connectivity index is 0.00000132. The van der Waals surface area contributed by atoms with Gasteiger partial charge in [-0.2, -0.15) is 0 Å². The Hall–Kier alpha value is -1.30. The van der Waals surface area contributed by atoms with Gasteiger partial charge in [-0.1, -0.05) is 40.7 Å². The lowest BCUT2D eigenvalue weighted by atomic mass is 9.54. The van der Waals surface area contributed by atoms with Crippen molar-refractivity contribution in [2.75, 3.05) is 27.3 Å². The zero-order valence-corrected chi connectivity index (χ0v) is 20.7. The normalized spacial score (nSPS) is 31.2. The number of ether oxygens (including phenoxy) is 2. The van der Waals surface area contributed by atoms with Crippen LogP contribution in [0.25, 0.3) is 0 Å². The van der Waals surface area contributed by atoms with E-state index in [2.05, 4.69) is 45.7 Å². The predicted octanol–water partition coefficient (Wildman–Crippen LogP) is 4.37. The fraction of sp³-hybridized carbons (Fsp3) is 0.769. The van der Waals surface area contributed by atoms with E-state index in [4.69, 9.17) is 9.47 Å². The molecule has 0 radical (unpaired) electrons. The summed E-state index contributed by atoms with van der Waals surface area (Å²) in [6.45, 7) is 14.0. The molecule has 2 aliphatic heterocycles. The first kappa shape index (κ1) is 24.3. The number of benzene rings is 1. The third kappa shape index (κ3) is 3.87. The van der Waals surface area contributed by atoms with Crippen molar-refractivity contribution in [2.45, 2.75) is 84.5 Å². The number of piperidine rings is 1. The molecule has 4 rings (SSSR count). The Kier molecular flexibility index (Phi) is 7.00. The molecule has 176 valence electrons. The molecule has 4 unspecified atom stereocenters. The van der Waals surface area contributed by atoms with Gasteiger partial charge in [0.2, 0.25) is 0 Å². The van der Waals surface area contributed by atoms with Gasteiger partial charge < -0.3 is 24.6 Å². The Labute approximate surface area is 188 Å². The highest BCUT2D eigenvalue weighted by Crippen LogP contribution is 2.61. The lowest BCUT2D eigenvalue weighted by molar-refractivity contribution is -0.0648. The maximum absolute atomic E-state index is 11.1. The molecule has 1 aliphatic carbocycles. The summed E-state index contributed by atoms with van der Waals surface area (Å²) in [4.78, 5) is 2.49. The smallest absolute Gasteiger partial charge is 0.165 e. The molecular formula is C26H43NO4. The molecule has 1 spiro atoms. The molecule has 0 aromatic heterocycles. The van der Waals surface area contributed by atoms with E-state index in [9.17, 15) is 10.2 Å².